The van der Waals surface area contributed by atoms with Crippen LogP contribution in [0.2, 0.25) is 0 Å². The van der Waals surface area contributed by atoms with Gasteiger partial charge in [-0.05, 0) is 12.1 Å². The molecule has 0 bridgehead atoms. The maximum atomic E-state index is 4.30. The SMILES string of the molecule is CN(C1=NC=NC2=NC=N[C@H]21)c1ccccc1. The quantitative estimate of drug-likeness (QED) is 0.712. The molecule has 2 heterocycles. The molecule has 0 unspecified atom stereocenters. The van der Waals surface area contributed by atoms with Crippen LogP contribution in [0.15, 0.2) is 50.3 Å². The Labute approximate surface area is 99.0 Å². The molecule has 84 valence electrons. The van der Waals surface area contributed by atoms with Crippen LogP contribution < -0.4 is 4.90 Å². The van der Waals surface area contributed by atoms with Crippen LogP contribution in [-0.2, 0) is 0 Å². The summed E-state index contributed by atoms with van der Waals surface area (Å²) in [6.45, 7) is 0. The van der Waals surface area contributed by atoms with Crippen molar-refractivity contribution in [3.63, 3.8) is 0 Å². The van der Waals surface area contributed by atoms with Gasteiger partial charge in [-0.25, -0.2) is 15.0 Å². The summed E-state index contributed by atoms with van der Waals surface area (Å²) in [5.74, 6) is 1.55. The van der Waals surface area contributed by atoms with E-state index in [4.69, 9.17) is 0 Å². The highest BCUT2D eigenvalue weighted by Crippen LogP contribution is 2.17. The van der Waals surface area contributed by atoms with Gasteiger partial charge in [0.25, 0.3) is 0 Å². The molecule has 0 amide bonds. The summed E-state index contributed by atoms with van der Waals surface area (Å²) in [6, 6.07) is 9.88. The largest absolute Gasteiger partial charge is 0.331 e. The zero-order chi connectivity index (χ0) is 11.7. The maximum Gasteiger partial charge on any atom is 0.169 e. The summed E-state index contributed by atoms with van der Waals surface area (Å²) in [6.07, 6.45) is 3.07. The van der Waals surface area contributed by atoms with Gasteiger partial charge < -0.3 is 4.90 Å². The number of para-hydroxylation sites is 1. The Morgan fingerprint density at radius 1 is 1.06 bits per heavy atom. The first-order chi connectivity index (χ1) is 8.36. The van der Waals surface area contributed by atoms with Gasteiger partial charge in [0, 0.05) is 12.7 Å². The minimum absolute atomic E-state index is 0.162. The molecule has 1 atom stereocenters. The third-order valence-corrected chi connectivity index (χ3v) is 2.76. The van der Waals surface area contributed by atoms with Gasteiger partial charge in [-0.3, -0.25) is 4.99 Å². The number of likely N-dealkylation sites (N-methyl/N-ethyl adjacent to an activating group) is 1. The predicted octanol–water partition coefficient (Wildman–Crippen LogP) is 1.37. The van der Waals surface area contributed by atoms with Crippen molar-refractivity contribution < 1.29 is 0 Å². The summed E-state index contributed by atoms with van der Waals surface area (Å²) < 4.78 is 0. The van der Waals surface area contributed by atoms with Crippen LogP contribution in [0.1, 0.15) is 0 Å². The van der Waals surface area contributed by atoms with E-state index in [0.29, 0.717) is 5.84 Å². The summed E-state index contributed by atoms with van der Waals surface area (Å²) in [4.78, 5) is 18.8. The van der Waals surface area contributed by atoms with E-state index in [-0.39, 0.29) is 6.04 Å². The van der Waals surface area contributed by atoms with E-state index >= 15 is 0 Å². The molecule has 2 aliphatic heterocycles. The molecule has 5 nitrogen and oxygen atoms in total. The topological polar surface area (TPSA) is 52.7 Å². The predicted molar refractivity (Wildman–Crippen MR) is 70.5 cm³/mol. The van der Waals surface area contributed by atoms with E-state index < -0.39 is 0 Å². The van der Waals surface area contributed by atoms with E-state index in [1.165, 1.54) is 12.7 Å². The third kappa shape index (κ3) is 1.65. The van der Waals surface area contributed by atoms with Crippen molar-refractivity contribution in [1.82, 2.24) is 0 Å². The molecule has 2 aliphatic rings. The molecule has 17 heavy (non-hydrogen) atoms. The fourth-order valence-electron chi connectivity index (χ4n) is 1.85. The first kappa shape index (κ1) is 9.89. The monoisotopic (exact) mass is 225 g/mol. The molecule has 0 fully saturated rings. The zero-order valence-corrected chi connectivity index (χ0v) is 9.35. The van der Waals surface area contributed by atoms with E-state index in [0.717, 1.165) is 11.5 Å². The highest BCUT2D eigenvalue weighted by molar-refractivity contribution is 6.23. The number of hydrogen-bond acceptors (Lipinski definition) is 5. The van der Waals surface area contributed by atoms with E-state index in [1.807, 2.05) is 42.3 Å². The van der Waals surface area contributed by atoms with Gasteiger partial charge in [0.05, 0.1) is 0 Å². The lowest BCUT2D eigenvalue weighted by atomic mass is 10.2. The van der Waals surface area contributed by atoms with Crippen molar-refractivity contribution in [2.45, 2.75) is 6.04 Å². The van der Waals surface area contributed by atoms with E-state index in [1.54, 1.807) is 0 Å². The molecule has 0 aromatic heterocycles. The Morgan fingerprint density at radius 3 is 2.71 bits per heavy atom. The molecule has 0 spiro atoms. The average molecular weight is 225 g/mol. The lowest BCUT2D eigenvalue weighted by Gasteiger charge is -2.25. The Morgan fingerprint density at radius 2 is 1.88 bits per heavy atom. The first-order valence-corrected chi connectivity index (χ1v) is 5.34. The molecule has 0 N–H and O–H groups in total. The molecule has 0 saturated heterocycles. The van der Waals surface area contributed by atoms with Crippen molar-refractivity contribution in [2.24, 2.45) is 20.0 Å². The molecular weight excluding hydrogens is 214 g/mol. The smallest absolute Gasteiger partial charge is 0.169 e. The lowest BCUT2D eigenvalue weighted by molar-refractivity contribution is 1.07. The van der Waals surface area contributed by atoms with Crippen LogP contribution in [0.4, 0.5) is 5.69 Å². The normalized spacial score (nSPS) is 20.9. The molecule has 3 rings (SSSR count). The van der Waals surface area contributed by atoms with Crippen LogP contribution in [0, 0.1) is 0 Å². The second kappa shape index (κ2) is 3.93. The van der Waals surface area contributed by atoms with Crippen molar-refractivity contribution >= 4 is 30.0 Å². The standard InChI is InChI=1S/C12H11N5/c1-17(9-5-3-2-4-6-9)12-10-11(14-7-13-10)15-8-16-12/h2-8,10H,1H3/t10-/m1/s1. The second-order valence-corrected chi connectivity index (χ2v) is 3.78. The number of aliphatic imine (C=N–C) groups is 4. The molecule has 0 radical (unpaired) electrons. The van der Waals surface area contributed by atoms with E-state index in [9.17, 15) is 0 Å². The zero-order valence-electron chi connectivity index (χ0n) is 9.35. The number of hydrogen-bond donors (Lipinski definition) is 0. The molecule has 0 aliphatic carbocycles. The first-order valence-electron chi connectivity index (χ1n) is 5.34. The van der Waals surface area contributed by atoms with Gasteiger partial charge in [0.2, 0.25) is 0 Å². The summed E-state index contributed by atoms with van der Waals surface area (Å²) >= 11 is 0. The Bertz CT molecular complexity index is 541. The number of nitrogens with zero attached hydrogens (tertiary/aromatic N) is 5. The van der Waals surface area contributed by atoms with Crippen molar-refractivity contribution in [3.8, 4) is 0 Å². The van der Waals surface area contributed by atoms with Crippen LogP contribution in [0.25, 0.3) is 0 Å². The number of rotatable bonds is 1. The fourth-order valence-corrected chi connectivity index (χ4v) is 1.85. The van der Waals surface area contributed by atoms with Gasteiger partial charge in [0.15, 0.2) is 11.9 Å². The molecule has 1 aromatic rings. The Kier molecular flexibility index (Phi) is 2.29. The summed E-state index contributed by atoms with van der Waals surface area (Å²) in [5.41, 5.74) is 1.07. The summed E-state index contributed by atoms with van der Waals surface area (Å²) in [5, 5.41) is 0. The number of anilines is 1. The van der Waals surface area contributed by atoms with Crippen LogP contribution in [0.3, 0.4) is 0 Å². The van der Waals surface area contributed by atoms with Crippen molar-refractivity contribution in [3.05, 3.63) is 30.3 Å². The molecule has 1 aromatic carbocycles. The summed E-state index contributed by atoms with van der Waals surface area (Å²) in [7, 11) is 1.97. The van der Waals surface area contributed by atoms with Crippen molar-refractivity contribution in [2.75, 3.05) is 11.9 Å². The maximum absolute atomic E-state index is 4.30. The van der Waals surface area contributed by atoms with Crippen LogP contribution in [-0.4, -0.2) is 37.4 Å². The third-order valence-electron chi connectivity index (χ3n) is 2.76. The van der Waals surface area contributed by atoms with Gasteiger partial charge in [0.1, 0.15) is 18.5 Å². The Balaban J connectivity index is 1.95. The molecular formula is C12H11N5. The van der Waals surface area contributed by atoms with Crippen LogP contribution >= 0.6 is 0 Å². The fraction of sp³-hybridized carbons (Fsp3) is 0.167. The molecule has 5 heteroatoms. The van der Waals surface area contributed by atoms with Gasteiger partial charge in [-0.1, -0.05) is 18.2 Å². The van der Waals surface area contributed by atoms with Crippen LogP contribution in [0.5, 0.6) is 0 Å². The highest BCUT2D eigenvalue weighted by Gasteiger charge is 2.29. The minimum Gasteiger partial charge on any atom is -0.331 e. The highest BCUT2D eigenvalue weighted by atomic mass is 15.2. The van der Waals surface area contributed by atoms with Gasteiger partial charge in [-0.15, -0.1) is 0 Å². The Hall–Kier alpha value is -2.30. The second-order valence-electron chi connectivity index (χ2n) is 3.78. The van der Waals surface area contributed by atoms with Gasteiger partial charge >= 0.3 is 0 Å². The van der Waals surface area contributed by atoms with Crippen molar-refractivity contribution in [1.29, 1.82) is 0 Å². The lowest BCUT2D eigenvalue weighted by Crippen LogP contribution is -2.40. The molecule has 0 saturated carbocycles. The van der Waals surface area contributed by atoms with E-state index in [2.05, 4.69) is 20.0 Å². The number of fused-ring (bicyclic) bond motifs is 1. The number of benzene rings is 1. The average Bonchev–Trinajstić information content (AvgIpc) is 2.87. The minimum atomic E-state index is -0.162. The van der Waals surface area contributed by atoms with Gasteiger partial charge in [-0.2, -0.15) is 0 Å². The number of amidine groups is 2.